The number of aryl methyl sites for hydroxylation is 3. The van der Waals surface area contributed by atoms with Crippen LogP contribution in [-0.2, 0) is 5.41 Å². The fourth-order valence-electron chi connectivity index (χ4n) is 8.92. The number of hydrogen-bond donors (Lipinski definition) is 0. The number of benzene rings is 2. The maximum atomic E-state index is 6.04. The number of nitrogens with zero attached hydrogens (tertiary/aromatic N) is 3. The van der Waals surface area contributed by atoms with Crippen molar-refractivity contribution in [1.82, 2.24) is 14.5 Å². The molecule has 2 aromatic carbocycles. The van der Waals surface area contributed by atoms with Crippen LogP contribution in [-0.4, -0.2) is 27.5 Å². The van der Waals surface area contributed by atoms with Gasteiger partial charge in [0, 0.05) is 19.1 Å². The number of piperidine rings is 1. The van der Waals surface area contributed by atoms with Crippen molar-refractivity contribution in [3.63, 3.8) is 0 Å². The molecule has 4 aromatic rings. The number of imidazole rings is 1. The summed E-state index contributed by atoms with van der Waals surface area (Å²) in [6.07, 6.45) is 10.5. The van der Waals surface area contributed by atoms with Crippen molar-refractivity contribution in [3.05, 3.63) is 95.7 Å². The molecule has 0 radical (unpaired) electrons. The first-order valence-electron chi connectivity index (χ1n) is 15.9. The van der Waals surface area contributed by atoms with E-state index in [0.29, 0.717) is 6.04 Å². The van der Waals surface area contributed by atoms with E-state index in [1.807, 2.05) is 6.92 Å². The summed E-state index contributed by atoms with van der Waals surface area (Å²) in [5.74, 6) is 5.67. The van der Waals surface area contributed by atoms with Crippen molar-refractivity contribution in [2.24, 2.45) is 17.8 Å². The molecule has 2 aromatic heterocycles. The molecule has 0 spiro atoms. The van der Waals surface area contributed by atoms with Gasteiger partial charge in [0.25, 0.3) is 0 Å². The number of likely N-dealkylation sites (tertiary alicyclic amines) is 1. The average Bonchev–Trinajstić information content (AvgIpc) is 3.60. The summed E-state index contributed by atoms with van der Waals surface area (Å²) in [4.78, 5) is 7.37. The molecular formula is C37H45N3O. The third-order valence-electron chi connectivity index (χ3n) is 11.3. The van der Waals surface area contributed by atoms with Crippen LogP contribution in [0.5, 0.6) is 0 Å². The summed E-state index contributed by atoms with van der Waals surface area (Å²) in [6, 6.07) is 22.9. The van der Waals surface area contributed by atoms with Crippen LogP contribution in [0, 0.1) is 38.5 Å². The second-order valence-corrected chi connectivity index (χ2v) is 13.4. The molecule has 2 saturated carbocycles. The number of furan rings is 1. The van der Waals surface area contributed by atoms with Crippen molar-refractivity contribution < 1.29 is 4.42 Å². The van der Waals surface area contributed by atoms with Crippen LogP contribution in [0.4, 0.5) is 0 Å². The maximum Gasteiger partial charge on any atom is 0.149 e. The van der Waals surface area contributed by atoms with Gasteiger partial charge in [0.2, 0.25) is 0 Å². The van der Waals surface area contributed by atoms with Crippen LogP contribution in [0.25, 0.3) is 16.7 Å². The first kappa shape index (κ1) is 26.6. The third-order valence-corrected chi connectivity index (χ3v) is 11.3. The summed E-state index contributed by atoms with van der Waals surface area (Å²) in [5.41, 5.74) is 6.51. The number of hydrogen-bond acceptors (Lipinski definition) is 3. The lowest BCUT2D eigenvalue weighted by atomic mass is 9.66. The Bertz CT molecular complexity index is 1500. The Kier molecular flexibility index (Phi) is 6.84. The van der Waals surface area contributed by atoms with E-state index in [0.717, 1.165) is 53.6 Å². The van der Waals surface area contributed by atoms with Crippen LogP contribution in [0.3, 0.4) is 0 Å². The predicted molar refractivity (Wildman–Crippen MR) is 168 cm³/mol. The highest BCUT2D eigenvalue weighted by Crippen LogP contribution is 2.54. The zero-order valence-electron chi connectivity index (χ0n) is 25.1. The van der Waals surface area contributed by atoms with Crippen LogP contribution in [0.15, 0.2) is 71.7 Å². The lowest BCUT2D eigenvalue weighted by molar-refractivity contribution is 0.134. The minimum atomic E-state index is 0.250. The topological polar surface area (TPSA) is 34.2 Å². The van der Waals surface area contributed by atoms with Crippen molar-refractivity contribution >= 4 is 16.7 Å². The van der Waals surface area contributed by atoms with Crippen molar-refractivity contribution in [3.8, 4) is 0 Å². The second-order valence-electron chi connectivity index (χ2n) is 13.4. The molecule has 3 fully saturated rings. The van der Waals surface area contributed by atoms with Gasteiger partial charge < -0.3 is 13.9 Å². The molecule has 2 bridgehead atoms. The molecule has 7 rings (SSSR count). The van der Waals surface area contributed by atoms with Crippen LogP contribution in [0.2, 0.25) is 0 Å². The molecule has 2 unspecified atom stereocenters. The van der Waals surface area contributed by atoms with Crippen LogP contribution in [0.1, 0.15) is 85.9 Å². The summed E-state index contributed by atoms with van der Waals surface area (Å²) in [5, 5.41) is 0. The van der Waals surface area contributed by atoms with E-state index in [1.165, 1.54) is 73.8 Å². The van der Waals surface area contributed by atoms with Crippen LogP contribution >= 0.6 is 0 Å². The number of fused-ring (bicyclic) bond motifs is 3. The molecule has 0 N–H and O–H groups in total. The van der Waals surface area contributed by atoms with Gasteiger partial charge in [-0.25, -0.2) is 4.98 Å². The summed E-state index contributed by atoms with van der Waals surface area (Å²) < 4.78 is 8.62. The molecule has 4 nitrogen and oxygen atoms in total. The zero-order valence-corrected chi connectivity index (χ0v) is 25.1. The molecule has 0 amide bonds. The standard InChI is InChI=1S/C37H45N3O/c1-25-22-36(41-27(25)3)26(2)39-20-18-37(19-21-39,31-10-6-5-7-11-31)17-16-33-29-14-15-30(33)24-32(23-29)40-28(4)38-34-12-8-9-13-35(34)40/h5-13,22,29-30,32-33H,2,14-21,23-24H2,1,3-4H3. The highest BCUT2D eigenvalue weighted by Gasteiger charge is 2.45. The Hall–Kier alpha value is -3.27. The lowest BCUT2D eigenvalue weighted by Crippen LogP contribution is -2.42. The van der Waals surface area contributed by atoms with Gasteiger partial charge in [0.05, 0.1) is 16.7 Å². The van der Waals surface area contributed by atoms with Crippen molar-refractivity contribution in [1.29, 1.82) is 0 Å². The second kappa shape index (κ2) is 10.5. The summed E-state index contributed by atoms with van der Waals surface area (Å²) >= 11 is 0. The molecule has 41 heavy (non-hydrogen) atoms. The van der Waals surface area contributed by atoms with Gasteiger partial charge in [0.1, 0.15) is 17.3 Å². The van der Waals surface area contributed by atoms with Gasteiger partial charge in [-0.3, -0.25) is 0 Å². The predicted octanol–water partition coefficient (Wildman–Crippen LogP) is 9.02. The first-order valence-corrected chi connectivity index (χ1v) is 15.9. The van der Waals surface area contributed by atoms with Gasteiger partial charge >= 0.3 is 0 Å². The Labute approximate surface area is 245 Å². The molecular weight excluding hydrogens is 502 g/mol. The smallest absolute Gasteiger partial charge is 0.149 e. The minimum absolute atomic E-state index is 0.250. The number of para-hydroxylation sites is 2. The van der Waals surface area contributed by atoms with E-state index in [9.17, 15) is 0 Å². The van der Waals surface area contributed by atoms with Gasteiger partial charge in [-0.1, -0.05) is 49.0 Å². The Morgan fingerprint density at radius 2 is 1.63 bits per heavy atom. The minimum Gasteiger partial charge on any atom is -0.460 e. The van der Waals surface area contributed by atoms with Gasteiger partial charge in [0.15, 0.2) is 0 Å². The molecule has 1 aliphatic heterocycles. The maximum absolute atomic E-state index is 6.04. The summed E-state index contributed by atoms with van der Waals surface area (Å²) in [7, 11) is 0. The molecule has 2 aliphatic carbocycles. The highest BCUT2D eigenvalue weighted by molar-refractivity contribution is 5.76. The molecule has 3 heterocycles. The lowest BCUT2D eigenvalue weighted by Gasteiger charge is -2.45. The first-order chi connectivity index (χ1) is 19.9. The average molecular weight is 548 g/mol. The molecule has 1 saturated heterocycles. The molecule has 3 aliphatic rings. The fraction of sp³-hybridized carbons (Fsp3) is 0.486. The quantitative estimate of drug-likeness (QED) is 0.231. The Morgan fingerprint density at radius 1 is 0.951 bits per heavy atom. The normalized spacial score (nSPS) is 25.6. The third kappa shape index (κ3) is 4.73. The van der Waals surface area contributed by atoms with Crippen LogP contribution < -0.4 is 0 Å². The fourth-order valence-corrected chi connectivity index (χ4v) is 8.92. The zero-order chi connectivity index (χ0) is 28.1. The molecule has 4 heteroatoms. The number of aromatic nitrogens is 2. The highest BCUT2D eigenvalue weighted by atomic mass is 16.3. The van der Waals surface area contributed by atoms with Gasteiger partial charge in [-0.05, 0) is 125 Å². The van der Waals surface area contributed by atoms with Crippen molar-refractivity contribution in [2.75, 3.05) is 13.1 Å². The molecule has 214 valence electrons. The van der Waals surface area contributed by atoms with E-state index in [1.54, 1.807) is 0 Å². The van der Waals surface area contributed by atoms with E-state index in [2.05, 4.69) is 90.6 Å². The van der Waals surface area contributed by atoms with Gasteiger partial charge in [-0.15, -0.1) is 0 Å². The van der Waals surface area contributed by atoms with E-state index in [-0.39, 0.29) is 5.41 Å². The molecule has 2 atom stereocenters. The van der Waals surface area contributed by atoms with E-state index < -0.39 is 0 Å². The van der Waals surface area contributed by atoms with Gasteiger partial charge in [-0.2, -0.15) is 0 Å². The largest absolute Gasteiger partial charge is 0.460 e. The van der Waals surface area contributed by atoms with E-state index >= 15 is 0 Å². The summed E-state index contributed by atoms with van der Waals surface area (Å²) in [6.45, 7) is 12.9. The SMILES string of the molecule is C=C(c1cc(C)c(C)o1)N1CCC(CCC2C3CCC2CC(n2c(C)nc4ccccc42)C3)(c2ccccc2)CC1. The Balaban J connectivity index is 1.06. The monoisotopic (exact) mass is 547 g/mol. The van der Waals surface area contributed by atoms with Crippen molar-refractivity contribution in [2.45, 2.75) is 83.6 Å². The van der Waals surface area contributed by atoms with E-state index in [4.69, 9.17) is 9.40 Å². The Morgan fingerprint density at radius 3 is 2.32 bits per heavy atom. The number of rotatable bonds is 7.